The van der Waals surface area contributed by atoms with E-state index in [2.05, 4.69) is 24.0 Å². The van der Waals surface area contributed by atoms with E-state index >= 15 is 0 Å². The van der Waals surface area contributed by atoms with Crippen LogP contribution < -0.4 is 9.64 Å². The molecule has 24 heavy (non-hydrogen) atoms. The van der Waals surface area contributed by atoms with Gasteiger partial charge in [0.1, 0.15) is 5.75 Å². The Labute approximate surface area is 144 Å². The second-order valence-corrected chi connectivity index (χ2v) is 8.17. The highest BCUT2D eigenvalue weighted by molar-refractivity contribution is 7.90. The van der Waals surface area contributed by atoms with E-state index in [1.807, 2.05) is 18.2 Å². The zero-order chi connectivity index (χ0) is 17.2. The largest absolute Gasteiger partial charge is 0.494 e. The molecule has 0 saturated heterocycles. The maximum Gasteiger partial charge on any atom is 0.177 e. The molecule has 128 valence electrons. The first kappa shape index (κ1) is 16.8. The van der Waals surface area contributed by atoms with Gasteiger partial charge in [-0.2, -0.15) is 0 Å². The first-order valence-corrected chi connectivity index (χ1v) is 10.2. The van der Waals surface area contributed by atoms with E-state index in [1.54, 1.807) is 12.1 Å². The lowest BCUT2D eigenvalue weighted by Gasteiger charge is -2.32. The van der Waals surface area contributed by atoms with E-state index in [-0.39, 0.29) is 0 Å². The van der Waals surface area contributed by atoms with Crippen LogP contribution in [0.4, 0.5) is 5.69 Å². The van der Waals surface area contributed by atoms with Gasteiger partial charge >= 0.3 is 0 Å². The number of hydrogen-bond donors (Lipinski definition) is 0. The fourth-order valence-electron chi connectivity index (χ4n) is 3.08. The maximum absolute atomic E-state index is 12.0. The minimum absolute atomic E-state index is 0.399. The second-order valence-electron chi connectivity index (χ2n) is 6.19. The molecule has 0 fully saturated rings. The van der Waals surface area contributed by atoms with Crippen LogP contribution in [0.1, 0.15) is 24.5 Å². The van der Waals surface area contributed by atoms with Crippen LogP contribution in [0, 0.1) is 0 Å². The Bertz CT molecular complexity index is 830. The van der Waals surface area contributed by atoms with Gasteiger partial charge in [0.2, 0.25) is 0 Å². The zero-order valence-electron chi connectivity index (χ0n) is 14.2. The summed E-state index contributed by atoms with van der Waals surface area (Å²) in [5.74, 6) is 0.917. The number of ether oxygens (including phenoxy) is 1. The van der Waals surface area contributed by atoms with Crippen molar-refractivity contribution in [2.24, 2.45) is 0 Å². The minimum Gasteiger partial charge on any atom is -0.494 e. The van der Waals surface area contributed by atoms with Crippen molar-refractivity contribution in [1.29, 1.82) is 0 Å². The maximum atomic E-state index is 12.0. The summed E-state index contributed by atoms with van der Waals surface area (Å²) in [5, 5.41) is 0. The third kappa shape index (κ3) is 3.56. The van der Waals surface area contributed by atoms with E-state index in [0.29, 0.717) is 4.90 Å². The number of fused-ring (bicyclic) bond motifs is 1. The average molecular weight is 345 g/mol. The van der Waals surface area contributed by atoms with Crippen molar-refractivity contribution < 1.29 is 13.2 Å². The predicted molar refractivity (Wildman–Crippen MR) is 96.5 cm³/mol. The molecule has 0 spiro atoms. The van der Waals surface area contributed by atoms with Gasteiger partial charge in [-0.25, -0.2) is 8.42 Å². The fourth-order valence-corrected chi connectivity index (χ4v) is 3.98. The van der Waals surface area contributed by atoms with Crippen molar-refractivity contribution in [1.82, 2.24) is 0 Å². The van der Waals surface area contributed by atoms with Crippen molar-refractivity contribution >= 4 is 15.5 Å². The molecule has 2 aromatic rings. The summed E-state index contributed by atoms with van der Waals surface area (Å²) in [5.41, 5.74) is 3.31. The Morgan fingerprint density at radius 2 is 1.92 bits per heavy atom. The molecule has 0 amide bonds. The Hall–Kier alpha value is -2.01. The number of sulfone groups is 1. The second kappa shape index (κ2) is 6.85. The van der Waals surface area contributed by atoms with Crippen LogP contribution in [0.2, 0.25) is 0 Å². The molecule has 2 aromatic carbocycles. The van der Waals surface area contributed by atoms with Gasteiger partial charge in [-0.15, -0.1) is 0 Å². The molecule has 3 rings (SSSR count). The summed E-state index contributed by atoms with van der Waals surface area (Å²) in [6.45, 7) is 4.34. The molecule has 0 aliphatic carbocycles. The molecule has 0 saturated carbocycles. The smallest absolute Gasteiger partial charge is 0.177 e. The van der Waals surface area contributed by atoms with Gasteiger partial charge in [0.25, 0.3) is 0 Å². The topological polar surface area (TPSA) is 46.6 Å². The van der Waals surface area contributed by atoms with Crippen LogP contribution in [0.25, 0.3) is 0 Å². The highest BCUT2D eigenvalue weighted by Crippen LogP contribution is 2.31. The van der Waals surface area contributed by atoms with Gasteiger partial charge in [-0.1, -0.05) is 25.1 Å². The van der Waals surface area contributed by atoms with E-state index in [4.69, 9.17) is 4.74 Å². The van der Waals surface area contributed by atoms with Crippen molar-refractivity contribution in [3.63, 3.8) is 0 Å². The first-order chi connectivity index (χ1) is 11.5. The zero-order valence-corrected chi connectivity index (χ0v) is 15.0. The van der Waals surface area contributed by atoms with Crippen molar-refractivity contribution in [2.45, 2.75) is 31.2 Å². The number of rotatable bonds is 5. The van der Waals surface area contributed by atoms with Crippen LogP contribution >= 0.6 is 0 Å². The molecule has 1 aliphatic rings. The SMILES string of the molecule is CCCOc1ccc2c(c1)CCN(c1ccccc1S(C)(=O)=O)C2. The molecule has 0 atom stereocenters. The molecule has 4 nitrogen and oxygen atoms in total. The number of nitrogens with zero attached hydrogens (tertiary/aromatic N) is 1. The number of anilines is 1. The van der Waals surface area contributed by atoms with E-state index in [1.165, 1.54) is 17.4 Å². The molecule has 1 aliphatic heterocycles. The Kier molecular flexibility index (Phi) is 4.81. The molecule has 1 heterocycles. The molecular weight excluding hydrogens is 322 g/mol. The summed E-state index contributed by atoms with van der Waals surface area (Å²) < 4.78 is 29.8. The Morgan fingerprint density at radius 1 is 1.12 bits per heavy atom. The molecule has 0 unspecified atom stereocenters. The number of benzene rings is 2. The predicted octanol–water partition coefficient (Wildman–Crippen LogP) is 3.44. The lowest BCUT2D eigenvalue weighted by Crippen LogP contribution is -2.31. The molecule has 0 bridgehead atoms. The first-order valence-electron chi connectivity index (χ1n) is 8.27. The van der Waals surface area contributed by atoms with Gasteiger partial charge in [0, 0.05) is 19.3 Å². The molecule has 5 heteroatoms. The summed E-state index contributed by atoms with van der Waals surface area (Å²) in [6.07, 6.45) is 3.14. The van der Waals surface area contributed by atoms with Gasteiger partial charge in [0.15, 0.2) is 9.84 Å². The van der Waals surface area contributed by atoms with Gasteiger partial charge < -0.3 is 9.64 Å². The van der Waals surface area contributed by atoms with E-state index < -0.39 is 9.84 Å². The van der Waals surface area contributed by atoms with Crippen molar-refractivity contribution in [2.75, 3.05) is 24.3 Å². The third-order valence-corrected chi connectivity index (χ3v) is 5.41. The molecular formula is C19H23NO3S. The van der Waals surface area contributed by atoms with Crippen LogP contribution in [0.5, 0.6) is 5.75 Å². The minimum atomic E-state index is -3.24. The lowest BCUT2D eigenvalue weighted by molar-refractivity contribution is 0.317. The molecule has 0 N–H and O–H groups in total. The quantitative estimate of drug-likeness (QED) is 0.833. The van der Waals surface area contributed by atoms with Crippen LogP contribution in [-0.2, 0) is 22.8 Å². The summed E-state index contributed by atoms with van der Waals surface area (Å²) in [6, 6.07) is 13.4. The Balaban J connectivity index is 1.86. The highest BCUT2D eigenvalue weighted by atomic mass is 32.2. The van der Waals surface area contributed by atoms with Gasteiger partial charge in [-0.3, -0.25) is 0 Å². The van der Waals surface area contributed by atoms with E-state index in [0.717, 1.165) is 44.0 Å². The lowest BCUT2D eigenvalue weighted by atomic mass is 9.99. The van der Waals surface area contributed by atoms with Crippen molar-refractivity contribution in [3.8, 4) is 5.75 Å². The van der Waals surface area contributed by atoms with Gasteiger partial charge in [-0.05, 0) is 48.2 Å². The van der Waals surface area contributed by atoms with Crippen LogP contribution in [0.3, 0.4) is 0 Å². The summed E-state index contributed by atoms with van der Waals surface area (Å²) >= 11 is 0. The molecule has 0 radical (unpaired) electrons. The Morgan fingerprint density at radius 3 is 2.67 bits per heavy atom. The van der Waals surface area contributed by atoms with Gasteiger partial charge in [0.05, 0.1) is 17.2 Å². The average Bonchev–Trinajstić information content (AvgIpc) is 2.58. The fraction of sp³-hybridized carbons (Fsp3) is 0.368. The van der Waals surface area contributed by atoms with Crippen LogP contribution in [-0.4, -0.2) is 27.8 Å². The number of hydrogen-bond acceptors (Lipinski definition) is 4. The summed E-state index contributed by atoms with van der Waals surface area (Å²) in [7, 11) is -3.24. The van der Waals surface area contributed by atoms with Crippen molar-refractivity contribution in [3.05, 3.63) is 53.6 Å². The standard InChI is InChI=1S/C19H23NO3S/c1-3-12-23-17-9-8-16-14-20(11-10-15(16)13-17)18-6-4-5-7-19(18)24(2,21)22/h4-9,13H,3,10-12,14H2,1-2H3. The third-order valence-electron chi connectivity index (χ3n) is 4.27. The van der Waals surface area contributed by atoms with E-state index in [9.17, 15) is 8.42 Å². The summed E-state index contributed by atoms with van der Waals surface area (Å²) in [4.78, 5) is 2.54. The number of para-hydroxylation sites is 1. The normalized spacial score (nSPS) is 14.3. The monoisotopic (exact) mass is 345 g/mol. The highest BCUT2D eigenvalue weighted by Gasteiger charge is 2.22. The molecule has 0 aromatic heterocycles. The van der Waals surface area contributed by atoms with Crippen LogP contribution in [0.15, 0.2) is 47.4 Å².